The molecule has 0 saturated carbocycles. The fourth-order valence-electron chi connectivity index (χ4n) is 1.78. The summed E-state index contributed by atoms with van der Waals surface area (Å²) in [5.41, 5.74) is 2.37. The van der Waals surface area contributed by atoms with Crippen molar-refractivity contribution in [3.05, 3.63) is 34.9 Å². The molecule has 0 bridgehead atoms. The monoisotopic (exact) mass is 256 g/mol. The van der Waals surface area contributed by atoms with Crippen LogP contribution in [0.2, 0.25) is 0 Å². The predicted octanol–water partition coefficient (Wildman–Crippen LogP) is 2.54. The smallest absolute Gasteiger partial charge is 0.337 e. The molecule has 4 heteroatoms. The first-order chi connectivity index (χ1) is 8.10. The lowest BCUT2D eigenvalue weighted by atomic mass is 9.96. The van der Waals surface area contributed by atoms with E-state index >= 15 is 0 Å². The van der Waals surface area contributed by atoms with Gasteiger partial charge in [0, 0.05) is 5.88 Å². The van der Waals surface area contributed by atoms with Gasteiger partial charge in [-0.25, -0.2) is 4.79 Å². The molecule has 0 saturated heterocycles. The van der Waals surface area contributed by atoms with Crippen molar-refractivity contribution in [1.82, 2.24) is 0 Å². The van der Waals surface area contributed by atoms with E-state index in [0.717, 1.165) is 24.0 Å². The molecule has 0 radical (unpaired) electrons. The summed E-state index contributed by atoms with van der Waals surface area (Å²) in [6.45, 7) is 1.94. The number of halogens is 1. The van der Waals surface area contributed by atoms with Crippen LogP contribution in [0, 0.1) is 0 Å². The summed E-state index contributed by atoms with van der Waals surface area (Å²) in [5.74, 6) is -0.638. The van der Waals surface area contributed by atoms with E-state index < -0.39 is 12.1 Å². The number of aliphatic carboxylic acids is 1. The van der Waals surface area contributed by atoms with Crippen LogP contribution in [0.4, 0.5) is 0 Å². The molecular weight excluding hydrogens is 240 g/mol. The summed E-state index contributed by atoms with van der Waals surface area (Å²) in [7, 11) is 0. The lowest BCUT2D eigenvalue weighted by molar-refractivity contribution is -0.147. The normalized spacial score (nSPS) is 12.4. The molecule has 3 nitrogen and oxygen atoms in total. The average molecular weight is 257 g/mol. The van der Waals surface area contributed by atoms with Crippen LogP contribution in [-0.4, -0.2) is 22.1 Å². The first-order valence-electron chi connectivity index (χ1n) is 5.68. The Hall–Kier alpha value is -1.06. The van der Waals surface area contributed by atoms with Crippen LogP contribution in [0.5, 0.6) is 0 Å². The zero-order chi connectivity index (χ0) is 12.8. The Bertz CT molecular complexity index is 390. The number of alkyl halides is 1. The number of hydrogen-bond acceptors (Lipinski definition) is 2. The topological polar surface area (TPSA) is 57.5 Å². The summed E-state index contributed by atoms with van der Waals surface area (Å²) in [6, 6.07) is 5.61. The Balaban J connectivity index is 3.01. The summed E-state index contributed by atoms with van der Waals surface area (Å²) in [4.78, 5) is 10.8. The van der Waals surface area contributed by atoms with E-state index in [1.165, 1.54) is 0 Å². The third kappa shape index (κ3) is 3.72. The van der Waals surface area contributed by atoms with Crippen LogP contribution < -0.4 is 0 Å². The molecule has 1 aromatic carbocycles. The Morgan fingerprint density at radius 3 is 2.71 bits per heavy atom. The van der Waals surface area contributed by atoms with Gasteiger partial charge in [-0.15, -0.1) is 11.6 Å². The van der Waals surface area contributed by atoms with E-state index in [1.807, 2.05) is 19.1 Å². The maximum atomic E-state index is 10.8. The van der Waals surface area contributed by atoms with Gasteiger partial charge >= 0.3 is 5.97 Å². The molecule has 0 aliphatic carbocycles. The minimum absolute atomic E-state index is 0.493. The van der Waals surface area contributed by atoms with E-state index in [9.17, 15) is 9.90 Å². The maximum Gasteiger partial charge on any atom is 0.337 e. The number of aliphatic hydroxyl groups is 1. The van der Waals surface area contributed by atoms with Crippen molar-refractivity contribution in [1.29, 1.82) is 0 Å². The van der Waals surface area contributed by atoms with Gasteiger partial charge in [0.15, 0.2) is 6.10 Å². The lowest BCUT2D eigenvalue weighted by Crippen LogP contribution is -2.13. The van der Waals surface area contributed by atoms with Crippen molar-refractivity contribution in [2.75, 3.05) is 5.88 Å². The molecule has 0 fully saturated rings. The molecule has 1 unspecified atom stereocenters. The number of hydrogen-bond donors (Lipinski definition) is 2. The van der Waals surface area contributed by atoms with Gasteiger partial charge in [-0.3, -0.25) is 0 Å². The number of carbonyl (C=O) groups is 1. The Labute approximate surface area is 106 Å². The quantitative estimate of drug-likeness (QED) is 0.769. The van der Waals surface area contributed by atoms with Crippen LogP contribution >= 0.6 is 11.6 Å². The fourth-order valence-corrected chi connectivity index (χ4v) is 1.91. The first kappa shape index (κ1) is 14.0. The highest BCUT2D eigenvalue weighted by atomic mass is 35.5. The first-order valence-corrected chi connectivity index (χ1v) is 6.22. The van der Waals surface area contributed by atoms with Crippen molar-refractivity contribution in [2.45, 2.75) is 32.3 Å². The average Bonchev–Trinajstić information content (AvgIpc) is 2.34. The number of aryl methyl sites for hydroxylation is 2. The highest BCUT2D eigenvalue weighted by Crippen LogP contribution is 2.21. The van der Waals surface area contributed by atoms with Crippen LogP contribution in [0.3, 0.4) is 0 Å². The lowest BCUT2D eigenvalue weighted by Gasteiger charge is -2.13. The number of aliphatic hydroxyl groups excluding tert-OH is 1. The SMILES string of the molecule is CCc1ccc(CCCCl)cc1C(O)C(=O)O. The Kier molecular flexibility index (Phi) is 5.45. The highest BCUT2D eigenvalue weighted by molar-refractivity contribution is 6.17. The van der Waals surface area contributed by atoms with E-state index in [4.69, 9.17) is 16.7 Å². The Morgan fingerprint density at radius 1 is 1.47 bits per heavy atom. The van der Waals surface area contributed by atoms with Gasteiger partial charge in [0.1, 0.15) is 0 Å². The van der Waals surface area contributed by atoms with Crippen LogP contribution in [0.15, 0.2) is 18.2 Å². The molecule has 0 amide bonds. The van der Waals surface area contributed by atoms with Crippen molar-refractivity contribution in [3.63, 3.8) is 0 Å². The standard InChI is InChI=1S/C13H17ClO3/c1-2-10-6-5-9(4-3-7-14)8-11(10)12(15)13(16)17/h5-6,8,12,15H,2-4,7H2,1H3,(H,16,17). The number of carboxylic acids is 1. The van der Waals surface area contributed by atoms with Gasteiger partial charge in [-0.1, -0.05) is 25.1 Å². The molecule has 0 spiro atoms. The third-order valence-corrected chi connectivity index (χ3v) is 2.99. The predicted molar refractivity (Wildman–Crippen MR) is 67.5 cm³/mol. The van der Waals surface area contributed by atoms with E-state index in [1.54, 1.807) is 6.07 Å². The molecule has 17 heavy (non-hydrogen) atoms. The van der Waals surface area contributed by atoms with Gasteiger partial charge in [0.2, 0.25) is 0 Å². The number of carboxylic acid groups (broad SMARTS) is 1. The zero-order valence-electron chi connectivity index (χ0n) is 9.82. The van der Waals surface area contributed by atoms with Crippen molar-refractivity contribution in [3.8, 4) is 0 Å². The second-order valence-corrected chi connectivity index (χ2v) is 4.30. The zero-order valence-corrected chi connectivity index (χ0v) is 10.6. The van der Waals surface area contributed by atoms with Crippen LogP contribution in [-0.2, 0) is 17.6 Å². The fraction of sp³-hybridized carbons (Fsp3) is 0.462. The summed E-state index contributed by atoms with van der Waals surface area (Å²) in [5, 5.41) is 18.5. The van der Waals surface area contributed by atoms with E-state index in [0.29, 0.717) is 17.9 Å². The number of benzene rings is 1. The van der Waals surface area contributed by atoms with Crippen LogP contribution in [0.1, 0.15) is 36.1 Å². The Morgan fingerprint density at radius 2 is 2.18 bits per heavy atom. The molecule has 1 aromatic rings. The van der Waals surface area contributed by atoms with Crippen molar-refractivity contribution < 1.29 is 15.0 Å². The molecule has 94 valence electrons. The van der Waals surface area contributed by atoms with Gasteiger partial charge in [-0.05, 0) is 36.0 Å². The molecule has 0 aliphatic heterocycles. The molecule has 2 N–H and O–H groups in total. The minimum atomic E-state index is -1.44. The minimum Gasteiger partial charge on any atom is -0.479 e. The van der Waals surface area contributed by atoms with Crippen LogP contribution in [0.25, 0.3) is 0 Å². The highest BCUT2D eigenvalue weighted by Gasteiger charge is 2.19. The summed E-state index contributed by atoms with van der Waals surface area (Å²) in [6.07, 6.45) is 0.902. The number of rotatable bonds is 6. The summed E-state index contributed by atoms with van der Waals surface area (Å²) < 4.78 is 0. The molecule has 0 aromatic heterocycles. The van der Waals surface area contributed by atoms with E-state index in [2.05, 4.69) is 0 Å². The van der Waals surface area contributed by atoms with Gasteiger partial charge in [-0.2, -0.15) is 0 Å². The van der Waals surface area contributed by atoms with E-state index in [-0.39, 0.29) is 0 Å². The third-order valence-electron chi connectivity index (χ3n) is 2.72. The molecule has 0 heterocycles. The largest absolute Gasteiger partial charge is 0.479 e. The molecule has 0 aliphatic rings. The maximum absolute atomic E-state index is 10.8. The second kappa shape index (κ2) is 6.62. The van der Waals surface area contributed by atoms with Gasteiger partial charge < -0.3 is 10.2 Å². The van der Waals surface area contributed by atoms with Gasteiger partial charge in [0.05, 0.1) is 0 Å². The molecular formula is C13H17ClO3. The second-order valence-electron chi connectivity index (χ2n) is 3.92. The van der Waals surface area contributed by atoms with Crippen molar-refractivity contribution >= 4 is 17.6 Å². The summed E-state index contributed by atoms with van der Waals surface area (Å²) >= 11 is 5.62. The molecule has 1 atom stereocenters. The molecule has 1 rings (SSSR count). The van der Waals surface area contributed by atoms with Crippen molar-refractivity contribution in [2.24, 2.45) is 0 Å². The van der Waals surface area contributed by atoms with Gasteiger partial charge in [0.25, 0.3) is 0 Å².